The Morgan fingerprint density at radius 2 is 1.52 bits per heavy atom. The number of halogens is 6. The Bertz CT molecular complexity index is 1840. The molecule has 0 aliphatic carbocycles. The predicted octanol–water partition coefficient (Wildman–Crippen LogP) is 5.01. The summed E-state index contributed by atoms with van der Waals surface area (Å²) in [5.74, 6) is -2.65. The first-order valence-corrected chi connectivity index (χ1v) is 14.3. The summed E-state index contributed by atoms with van der Waals surface area (Å²) >= 11 is 0. The Labute approximate surface area is 245 Å². The van der Waals surface area contributed by atoms with Crippen molar-refractivity contribution in [1.29, 1.82) is 0 Å². The van der Waals surface area contributed by atoms with E-state index in [1.165, 1.54) is 24.4 Å². The Morgan fingerprint density at radius 3 is 2.00 bits per heavy atom. The smallest absolute Gasteiger partial charge is 0.419 e. The summed E-state index contributed by atoms with van der Waals surface area (Å²) < 4.78 is 116. The van der Waals surface area contributed by atoms with Gasteiger partial charge in [-0.2, -0.15) is 31.1 Å². The lowest BCUT2D eigenvalue weighted by Crippen LogP contribution is -2.55. The van der Waals surface area contributed by atoms with Crippen LogP contribution < -0.4 is 5.32 Å². The number of amides is 1. The molecule has 0 spiro atoms. The number of fused-ring (bicyclic) bond motifs is 1. The van der Waals surface area contributed by atoms with Gasteiger partial charge < -0.3 is 10.1 Å². The van der Waals surface area contributed by atoms with Crippen LogP contribution in [0.4, 0.5) is 36.8 Å². The molecule has 44 heavy (non-hydrogen) atoms. The van der Waals surface area contributed by atoms with E-state index in [0.29, 0.717) is 16.9 Å². The first-order valence-electron chi connectivity index (χ1n) is 12.4. The summed E-state index contributed by atoms with van der Waals surface area (Å²) in [4.78, 5) is 26.8. The number of hydrogen-bond donors (Lipinski definition) is 1. The van der Waals surface area contributed by atoms with E-state index in [1.54, 1.807) is 20.8 Å². The highest BCUT2D eigenvalue weighted by atomic mass is 32.2. The third-order valence-corrected chi connectivity index (χ3v) is 7.40. The molecular weight excluding hydrogens is 622 g/mol. The molecule has 0 bridgehead atoms. The second-order valence-electron chi connectivity index (χ2n) is 10.7. The molecule has 2 heterocycles. The van der Waals surface area contributed by atoms with E-state index >= 15 is 0 Å². The molecule has 0 fully saturated rings. The fraction of sp³-hybridized carbons (Fsp3) is 0.346. The number of carbonyl (C=O) groups is 2. The normalized spacial score (nSPS) is 13.2. The minimum absolute atomic E-state index is 0.107. The number of nitrogens with zero attached hydrogens (tertiary/aromatic N) is 5. The molecule has 2 aromatic carbocycles. The van der Waals surface area contributed by atoms with Gasteiger partial charge in [-0.05, 0) is 55.8 Å². The third kappa shape index (κ3) is 5.85. The van der Waals surface area contributed by atoms with Gasteiger partial charge in [0.2, 0.25) is 11.2 Å². The number of ether oxygens (including phenoxy) is 1. The lowest BCUT2D eigenvalue weighted by molar-refractivity contribution is -0.291. The van der Waals surface area contributed by atoms with Gasteiger partial charge in [0.05, 0.1) is 11.9 Å². The zero-order chi connectivity index (χ0) is 33.0. The van der Waals surface area contributed by atoms with Crippen molar-refractivity contribution in [2.45, 2.75) is 49.0 Å². The summed E-state index contributed by atoms with van der Waals surface area (Å²) in [6.45, 7) is 4.70. The van der Waals surface area contributed by atoms with Gasteiger partial charge in [-0.1, -0.05) is 18.2 Å². The second-order valence-corrected chi connectivity index (χ2v) is 12.7. The van der Waals surface area contributed by atoms with Crippen LogP contribution in [-0.2, 0) is 27.0 Å². The third-order valence-electron chi connectivity index (χ3n) is 6.29. The number of aryl methyl sites for hydroxylation is 1. The molecule has 11 nitrogen and oxygen atoms in total. The predicted molar refractivity (Wildman–Crippen MR) is 143 cm³/mol. The van der Waals surface area contributed by atoms with Crippen LogP contribution in [0.15, 0.2) is 53.6 Å². The molecule has 0 aliphatic heterocycles. The van der Waals surface area contributed by atoms with Crippen molar-refractivity contribution in [3.63, 3.8) is 0 Å². The van der Waals surface area contributed by atoms with Gasteiger partial charge in [-0.25, -0.2) is 17.8 Å². The van der Waals surface area contributed by atoms with E-state index in [1.807, 2.05) is 0 Å². The molecule has 18 heteroatoms. The molecule has 0 unspecified atom stereocenters. The van der Waals surface area contributed by atoms with Crippen LogP contribution in [0.1, 0.15) is 42.6 Å². The maximum absolute atomic E-state index is 14.2. The Kier molecular flexibility index (Phi) is 7.81. The quantitative estimate of drug-likeness (QED) is 0.299. The number of rotatable bonds is 5. The van der Waals surface area contributed by atoms with Gasteiger partial charge in [-0.3, -0.25) is 4.79 Å². The summed E-state index contributed by atoms with van der Waals surface area (Å²) in [5.41, 5.74) is -7.50. The lowest BCUT2D eigenvalue weighted by atomic mass is 9.78. The molecular formula is C26H24F6N6O5S. The fourth-order valence-electron chi connectivity index (χ4n) is 4.41. The van der Waals surface area contributed by atoms with Gasteiger partial charge in [-0.15, -0.1) is 10.2 Å². The monoisotopic (exact) mass is 646 g/mol. The molecule has 0 atom stereocenters. The number of aromatic nitrogens is 5. The highest BCUT2D eigenvalue weighted by molar-refractivity contribution is 7.90. The van der Waals surface area contributed by atoms with Gasteiger partial charge >= 0.3 is 18.4 Å². The average Bonchev–Trinajstić information content (AvgIpc) is 3.45. The Morgan fingerprint density at radius 1 is 0.932 bits per heavy atom. The molecule has 1 N–H and O–H groups in total. The van der Waals surface area contributed by atoms with Gasteiger partial charge in [0.1, 0.15) is 11.3 Å². The molecule has 236 valence electrons. The molecule has 1 amide bonds. The molecule has 0 saturated carbocycles. The number of alkyl halides is 6. The highest BCUT2D eigenvalue weighted by Crippen LogP contribution is 2.55. The van der Waals surface area contributed by atoms with Crippen molar-refractivity contribution >= 4 is 38.3 Å². The van der Waals surface area contributed by atoms with E-state index in [9.17, 15) is 44.3 Å². The largest absolute Gasteiger partial charge is 0.443 e. The van der Waals surface area contributed by atoms with Crippen LogP contribution >= 0.6 is 0 Å². The maximum atomic E-state index is 14.2. The number of nitrogens with one attached hydrogen (secondary N) is 1. The van der Waals surface area contributed by atoms with Crippen molar-refractivity contribution in [2.24, 2.45) is 7.05 Å². The minimum atomic E-state index is -5.95. The van der Waals surface area contributed by atoms with E-state index in [4.69, 9.17) is 4.74 Å². The van der Waals surface area contributed by atoms with Crippen LogP contribution in [0.2, 0.25) is 0 Å². The van der Waals surface area contributed by atoms with E-state index in [2.05, 4.69) is 20.7 Å². The zero-order valence-electron chi connectivity index (χ0n) is 23.6. The number of sulfone groups is 1. The zero-order valence-corrected chi connectivity index (χ0v) is 24.4. The van der Waals surface area contributed by atoms with Crippen LogP contribution in [0.25, 0.3) is 10.8 Å². The summed E-state index contributed by atoms with van der Waals surface area (Å²) in [5, 5.41) is 12.0. The van der Waals surface area contributed by atoms with Crippen LogP contribution in [0, 0.1) is 0 Å². The number of benzene rings is 2. The fourth-order valence-corrected chi connectivity index (χ4v) is 5.07. The van der Waals surface area contributed by atoms with E-state index in [0.717, 1.165) is 30.0 Å². The van der Waals surface area contributed by atoms with Crippen molar-refractivity contribution in [3.8, 4) is 0 Å². The summed E-state index contributed by atoms with van der Waals surface area (Å²) in [6, 6.07) is 6.34. The molecule has 0 radical (unpaired) electrons. The van der Waals surface area contributed by atoms with E-state index < -0.39 is 56.6 Å². The summed E-state index contributed by atoms with van der Waals surface area (Å²) in [6.07, 6.45) is -10.8. The maximum Gasteiger partial charge on any atom is 0.419 e. The van der Waals surface area contributed by atoms with Gasteiger partial charge in [0.15, 0.2) is 9.84 Å². The minimum Gasteiger partial charge on any atom is -0.443 e. The second kappa shape index (κ2) is 10.6. The van der Waals surface area contributed by atoms with E-state index in [-0.39, 0.29) is 27.0 Å². The first kappa shape index (κ1) is 32.4. The lowest BCUT2D eigenvalue weighted by Gasteiger charge is -2.35. The standard InChI is InChI=1S/C26H24F6N6O5S/c1-23(2,3)43-22(40)38-13-14-12-17(44(5,41)42)10-11-18(14)19(38)20(39)33-16-8-6-15(7-9-16)24(25(27,28)29,26(30,31)32)21-34-36-37(4)35-21/h6-13H,1-5H3,(H,33,39). The first-order chi connectivity index (χ1) is 20.1. The number of hydrogen-bond acceptors (Lipinski definition) is 8. The Hall–Kier alpha value is -4.48. The molecule has 0 saturated heterocycles. The van der Waals surface area contributed by atoms with Crippen molar-refractivity contribution in [1.82, 2.24) is 24.8 Å². The van der Waals surface area contributed by atoms with Crippen molar-refractivity contribution < 1.29 is 49.1 Å². The number of tetrazole rings is 1. The molecule has 0 aliphatic rings. The SMILES string of the molecule is Cn1nnc(C(c2ccc(NC(=O)c3c4ccc(S(C)(=O)=O)cc4cn3C(=O)OC(C)(C)C)cc2)(C(F)(F)F)C(F)(F)F)n1. The van der Waals surface area contributed by atoms with Crippen molar-refractivity contribution in [2.75, 3.05) is 11.6 Å². The van der Waals surface area contributed by atoms with Gasteiger partial charge in [0, 0.05) is 28.9 Å². The molecule has 2 aromatic heterocycles. The van der Waals surface area contributed by atoms with Crippen molar-refractivity contribution in [3.05, 3.63) is 65.7 Å². The topological polar surface area (TPSA) is 138 Å². The van der Waals surface area contributed by atoms with Gasteiger partial charge in [0.25, 0.3) is 5.91 Å². The average molecular weight is 647 g/mol. The van der Waals surface area contributed by atoms with Crippen LogP contribution in [0.3, 0.4) is 0 Å². The molecule has 4 rings (SSSR count). The molecule has 4 aromatic rings. The highest BCUT2D eigenvalue weighted by Gasteiger charge is 2.75. The number of carbonyl (C=O) groups excluding carboxylic acids is 2. The van der Waals surface area contributed by atoms with Crippen LogP contribution in [-0.4, -0.2) is 69.4 Å². The Balaban J connectivity index is 1.79. The summed E-state index contributed by atoms with van der Waals surface area (Å²) in [7, 11) is -2.67. The number of anilines is 1. The van der Waals surface area contributed by atoms with Crippen LogP contribution in [0.5, 0.6) is 0 Å².